The largest absolute Gasteiger partial charge is 0.310 e. The van der Waals surface area contributed by atoms with Crippen molar-refractivity contribution in [3.05, 3.63) is 279 Å². The molecule has 0 heterocycles. The minimum Gasteiger partial charge on any atom is -0.310 e. The van der Waals surface area contributed by atoms with Gasteiger partial charge >= 0.3 is 0 Å². The summed E-state index contributed by atoms with van der Waals surface area (Å²) in [7, 11) is 0. The molecule has 1 heteroatoms. The molecule has 0 aliphatic heterocycles. The Labute approximate surface area is 462 Å². The van der Waals surface area contributed by atoms with Gasteiger partial charge in [-0.05, 0) is 158 Å². The van der Waals surface area contributed by atoms with Crippen molar-refractivity contribution in [3.63, 3.8) is 0 Å². The van der Waals surface area contributed by atoms with E-state index in [9.17, 15) is 0 Å². The number of nitrogens with zero attached hydrogens (tertiary/aromatic N) is 1. The first-order chi connectivity index (χ1) is 36.3. The highest BCUT2D eigenvalue weighted by Crippen LogP contribution is 2.60. The Kier molecular flexibility index (Phi) is 12.3. The van der Waals surface area contributed by atoms with Gasteiger partial charge in [0.2, 0.25) is 0 Å². The molecule has 388 valence electrons. The van der Waals surface area contributed by atoms with Crippen LogP contribution < -0.4 is 4.90 Å². The van der Waals surface area contributed by atoms with E-state index < -0.39 is 10.8 Å². The highest BCUT2D eigenvalue weighted by atomic mass is 15.1. The van der Waals surface area contributed by atoms with E-state index in [1.807, 2.05) is 0 Å². The van der Waals surface area contributed by atoms with Crippen LogP contribution in [-0.4, -0.2) is 0 Å². The van der Waals surface area contributed by atoms with E-state index in [0.29, 0.717) is 0 Å². The van der Waals surface area contributed by atoms with E-state index in [4.69, 9.17) is 0 Å². The minimum absolute atomic E-state index is 0.00257. The van der Waals surface area contributed by atoms with Gasteiger partial charge in [-0.15, -0.1) is 0 Å². The smallest absolute Gasteiger partial charge is 0.0714 e. The third kappa shape index (κ3) is 8.61. The number of fused-ring (bicyclic) bond motifs is 6. The molecule has 0 amide bonds. The van der Waals surface area contributed by atoms with Gasteiger partial charge in [-0.3, -0.25) is 0 Å². The maximum atomic E-state index is 2.54. The van der Waals surface area contributed by atoms with Gasteiger partial charge in [0.05, 0.1) is 10.8 Å². The van der Waals surface area contributed by atoms with Crippen LogP contribution in [-0.2, 0) is 37.9 Å². The first-order valence-electron chi connectivity index (χ1n) is 28.2. The molecule has 0 N–H and O–H groups in total. The van der Waals surface area contributed by atoms with E-state index in [1.165, 1.54) is 94.6 Å². The summed E-state index contributed by atoms with van der Waals surface area (Å²) < 4.78 is 0. The fourth-order valence-electron chi connectivity index (χ4n) is 12.8. The molecular formula is C76H79N. The summed E-state index contributed by atoms with van der Waals surface area (Å²) >= 11 is 0. The zero-order valence-electron chi connectivity index (χ0n) is 48.6. The first-order valence-corrected chi connectivity index (χ1v) is 28.2. The molecule has 11 rings (SSSR count). The van der Waals surface area contributed by atoms with Gasteiger partial charge in [-0.25, -0.2) is 0 Å². The van der Waals surface area contributed by atoms with Crippen molar-refractivity contribution in [1.82, 2.24) is 0 Å². The molecule has 0 atom stereocenters. The summed E-state index contributed by atoms with van der Waals surface area (Å²) in [5.41, 5.74) is 24.3. The predicted molar refractivity (Wildman–Crippen MR) is 329 cm³/mol. The third-order valence-electron chi connectivity index (χ3n) is 17.3. The molecule has 0 unspecified atom stereocenters. The van der Waals surface area contributed by atoms with Crippen molar-refractivity contribution in [2.75, 3.05) is 4.90 Å². The zero-order valence-corrected chi connectivity index (χ0v) is 48.6. The molecule has 0 saturated carbocycles. The van der Waals surface area contributed by atoms with Gasteiger partial charge in [0.15, 0.2) is 0 Å². The minimum atomic E-state index is -0.594. The SMILES string of the molecule is CC(C)(C)c1ccc(N(c2ccc3c(c2)C(c2ccc(C(C)(C)C)cc2)(c2ccc(C(C)(C)C)cc2)c2ccccc2-3)c2ccc3c(c2)C(c2ccc(C(C)(C)C)cc2)(c2ccc(C(C)(C)C)cc2)c2ccccc2-3)cc1. The van der Waals surface area contributed by atoms with Crippen molar-refractivity contribution >= 4 is 17.1 Å². The average Bonchev–Trinajstić information content (AvgIpc) is 3.86. The molecule has 2 aliphatic carbocycles. The first kappa shape index (κ1) is 51.9. The summed E-state index contributed by atoms with van der Waals surface area (Å²) in [6, 6.07) is 80.6. The summed E-state index contributed by atoms with van der Waals surface area (Å²) in [6.45, 7) is 34.6. The molecule has 2 aliphatic rings. The number of benzene rings is 9. The molecule has 0 saturated heterocycles. The lowest BCUT2D eigenvalue weighted by Crippen LogP contribution is -2.29. The number of hydrogen-bond donors (Lipinski definition) is 0. The second kappa shape index (κ2) is 18.2. The normalized spacial score (nSPS) is 14.6. The van der Waals surface area contributed by atoms with Gasteiger partial charge in [0.25, 0.3) is 0 Å². The van der Waals surface area contributed by atoms with Crippen molar-refractivity contribution in [3.8, 4) is 22.3 Å². The van der Waals surface area contributed by atoms with Gasteiger partial charge < -0.3 is 4.90 Å². The fraction of sp³-hybridized carbons (Fsp3) is 0.289. The Morgan fingerprint density at radius 1 is 0.234 bits per heavy atom. The maximum Gasteiger partial charge on any atom is 0.0714 e. The van der Waals surface area contributed by atoms with Crippen molar-refractivity contribution in [1.29, 1.82) is 0 Å². The van der Waals surface area contributed by atoms with Crippen molar-refractivity contribution in [2.24, 2.45) is 0 Å². The van der Waals surface area contributed by atoms with Gasteiger partial charge in [-0.2, -0.15) is 0 Å². The Bertz CT molecular complexity index is 3310. The highest BCUT2D eigenvalue weighted by molar-refractivity contribution is 5.92. The topological polar surface area (TPSA) is 3.24 Å². The lowest BCUT2D eigenvalue weighted by Gasteiger charge is -2.36. The second-order valence-corrected chi connectivity index (χ2v) is 27.5. The summed E-state index contributed by atoms with van der Waals surface area (Å²) in [6.07, 6.45) is 0. The van der Waals surface area contributed by atoms with E-state index in [1.54, 1.807) is 0 Å². The van der Waals surface area contributed by atoms with Gasteiger partial charge in [0, 0.05) is 17.1 Å². The maximum absolute atomic E-state index is 2.54. The molecule has 0 bridgehead atoms. The van der Waals surface area contributed by atoms with Crippen LogP contribution >= 0.6 is 0 Å². The van der Waals surface area contributed by atoms with Crippen LogP contribution in [0.2, 0.25) is 0 Å². The van der Waals surface area contributed by atoms with Crippen LogP contribution in [0, 0.1) is 0 Å². The van der Waals surface area contributed by atoms with Crippen molar-refractivity contribution in [2.45, 2.75) is 142 Å². The monoisotopic (exact) mass is 1010 g/mol. The Morgan fingerprint density at radius 2 is 0.468 bits per heavy atom. The molecular weight excluding hydrogens is 927 g/mol. The molecule has 9 aromatic carbocycles. The fourth-order valence-corrected chi connectivity index (χ4v) is 12.8. The number of rotatable bonds is 7. The molecule has 0 fully saturated rings. The molecule has 77 heavy (non-hydrogen) atoms. The van der Waals surface area contributed by atoms with Crippen LogP contribution in [0.3, 0.4) is 0 Å². The molecule has 0 radical (unpaired) electrons. The highest BCUT2D eigenvalue weighted by Gasteiger charge is 2.49. The van der Waals surface area contributed by atoms with Crippen LogP contribution in [0.25, 0.3) is 22.3 Å². The molecule has 9 aromatic rings. The van der Waals surface area contributed by atoms with Gasteiger partial charge in [-0.1, -0.05) is 274 Å². The van der Waals surface area contributed by atoms with E-state index in [0.717, 1.165) is 17.1 Å². The summed E-state index contributed by atoms with van der Waals surface area (Å²) in [5.74, 6) is 0. The van der Waals surface area contributed by atoms with Gasteiger partial charge in [0.1, 0.15) is 0 Å². The quantitative estimate of drug-likeness (QED) is 0.154. The zero-order chi connectivity index (χ0) is 54.7. The molecule has 1 nitrogen and oxygen atoms in total. The lowest BCUT2D eigenvalue weighted by atomic mass is 9.66. The Balaban J connectivity index is 1.19. The number of hydrogen-bond acceptors (Lipinski definition) is 1. The van der Waals surface area contributed by atoms with E-state index >= 15 is 0 Å². The van der Waals surface area contributed by atoms with Crippen LogP contribution in [0.1, 0.15) is 176 Å². The lowest BCUT2D eigenvalue weighted by molar-refractivity contribution is 0.588. The molecule has 0 spiro atoms. The van der Waals surface area contributed by atoms with Crippen LogP contribution in [0.15, 0.2) is 206 Å². The second-order valence-electron chi connectivity index (χ2n) is 27.5. The van der Waals surface area contributed by atoms with E-state index in [2.05, 4.69) is 315 Å². The van der Waals surface area contributed by atoms with Crippen molar-refractivity contribution < 1.29 is 0 Å². The average molecular weight is 1010 g/mol. The van der Waals surface area contributed by atoms with Crippen LogP contribution in [0.5, 0.6) is 0 Å². The molecule has 0 aromatic heterocycles. The third-order valence-corrected chi connectivity index (χ3v) is 17.3. The standard InChI is InChI=1S/C76H79N/c1-70(2,3)50-24-32-55(33-25-50)75(56-34-26-51(27-35-56)71(4,5)6)66-22-18-16-20-62(66)64-46-44-60(48-68(64)75)77(59-42-40-54(41-43-59)74(13,14)15)61-45-47-65-63-21-17-19-23-67(63)76(69(65)49-61,57-36-28-52(29-37-57)72(7,8)9)58-38-30-53(31-39-58)73(10,11)12/h16-49H,1-15H3. The Morgan fingerprint density at radius 3 is 0.740 bits per heavy atom. The number of anilines is 3. The summed E-state index contributed by atoms with van der Waals surface area (Å²) in [5, 5.41) is 0. The van der Waals surface area contributed by atoms with Crippen LogP contribution in [0.4, 0.5) is 17.1 Å². The predicted octanol–water partition coefficient (Wildman–Crippen LogP) is 20.4. The Hall–Kier alpha value is -7.22. The van der Waals surface area contributed by atoms with E-state index in [-0.39, 0.29) is 27.1 Å². The summed E-state index contributed by atoms with van der Waals surface area (Å²) in [4.78, 5) is 2.53.